The van der Waals surface area contributed by atoms with E-state index in [4.69, 9.17) is 9.26 Å². The molecule has 0 saturated heterocycles. The molecule has 0 aliphatic carbocycles. The maximum atomic E-state index is 12.7. The molecule has 0 spiro atoms. The van der Waals surface area contributed by atoms with Crippen LogP contribution in [0, 0.1) is 6.92 Å². The first-order valence-corrected chi connectivity index (χ1v) is 9.14. The molecule has 0 fully saturated rings. The van der Waals surface area contributed by atoms with E-state index in [0.717, 1.165) is 10.4 Å². The van der Waals surface area contributed by atoms with Gasteiger partial charge in [0.2, 0.25) is 5.82 Å². The Hall–Kier alpha value is -3.66. The number of ether oxygens (including phenoxy) is 1. The normalized spacial score (nSPS) is 11.5. The highest BCUT2D eigenvalue weighted by atomic mass is 32.1. The zero-order valence-corrected chi connectivity index (χ0v) is 15.5. The molecule has 0 atom stereocenters. The lowest BCUT2D eigenvalue weighted by Gasteiger charge is -2.07. The molecule has 4 aromatic rings. The van der Waals surface area contributed by atoms with Crippen LogP contribution in [0.25, 0.3) is 22.5 Å². The second-order valence-corrected chi connectivity index (χ2v) is 6.59. The van der Waals surface area contributed by atoms with Gasteiger partial charge in [-0.2, -0.15) is 9.67 Å². The minimum Gasteiger partial charge on any atom is -0.451 e. The van der Waals surface area contributed by atoms with Crippen molar-refractivity contribution in [3.63, 3.8) is 0 Å². The summed E-state index contributed by atoms with van der Waals surface area (Å²) in [5.74, 6) is 0.494. The minimum atomic E-state index is -0.616. The van der Waals surface area contributed by atoms with Crippen LogP contribution in [0.2, 0.25) is 0 Å². The molecule has 0 aliphatic rings. The molecule has 10 heteroatoms. The zero-order chi connectivity index (χ0) is 19.3. The summed E-state index contributed by atoms with van der Waals surface area (Å²) in [6.07, 6.45) is 1.65. The molecule has 0 bridgehead atoms. The van der Waals surface area contributed by atoms with Gasteiger partial charge >= 0.3 is 5.97 Å². The van der Waals surface area contributed by atoms with Crippen LogP contribution in [0.15, 0.2) is 52.4 Å². The van der Waals surface area contributed by atoms with Crippen LogP contribution in [0.4, 0.5) is 0 Å². The lowest BCUT2D eigenvalue weighted by molar-refractivity contribution is -0.139. The molecular formula is C18H14N6O3S. The van der Waals surface area contributed by atoms with Crippen molar-refractivity contribution in [1.29, 1.82) is 0 Å². The first-order chi connectivity index (χ1) is 13.7. The molecular weight excluding hydrogens is 380 g/mol. The fourth-order valence-electron chi connectivity index (χ4n) is 2.39. The second-order valence-electron chi connectivity index (χ2n) is 5.64. The molecule has 3 heterocycles. The van der Waals surface area contributed by atoms with Gasteiger partial charge in [0.1, 0.15) is 0 Å². The number of hydrogen-bond donors (Lipinski definition) is 0. The number of aromatic nitrogens is 6. The van der Waals surface area contributed by atoms with Crippen LogP contribution >= 0.6 is 11.3 Å². The third-order valence-corrected chi connectivity index (χ3v) is 4.57. The van der Waals surface area contributed by atoms with Gasteiger partial charge < -0.3 is 9.26 Å². The van der Waals surface area contributed by atoms with Gasteiger partial charge in [0.25, 0.3) is 5.89 Å². The molecule has 0 aliphatic heterocycles. The Balaban J connectivity index is 1.53. The molecule has 9 nitrogen and oxygen atoms in total. The van der Waals surface area contributed by atoms with Crippen molar-refractivity contribution >= 4 is 29.1 Å². The Labute approximate surface area is 163 Å². The largest absolute Gasteiger partial charge is 0.451 e. The van der Waals surface area contributed by atoms with Gasteiger partial charge in [0, 0.05) is 0 Å². The van der Waals surface area contributed by atoms with Gasteiger partial charge in [0.05, 0.1) is 4.88 Å². The Morgan fingerprint density at radius 3 is 2.82 bits per heavy atom. The lowest BCUT2D eigenvalue weighted by Crippen LogP contribution is -2.15. The van der Waals surface area contributed by atoms with Gasteiger partial charge in [-0.1, -0.05) is 41.6 Å². The quantitative estimate of drug-likeness (QED) is 0.363. The molecule has 28 heavy (non-hydrogen) atoms. The van der Waals surface area contributed by atoms with Crippen molar-refractivity contribution in [2.24, 2.45) is 0 Å². The number of esters is 1. The van der Waals surface area contributed by atoms with Crippen molar-refractivity contribution in [2.45, 2.75) is 13.5 Å². The van der Waals surface area contributed by atoms with Crippen LogP contribution in [-0.4, -0.2) is 36.3 Å². The predicted octanol–water partition coefficient (Wildman–Crippen LogP) is 2.83. The number of nitrogens with zero attached hydrogens (tertiary/aromatic N) is 6. The summed E-state index contributed by atoms with van der Waals surface area (Å²) in [4.78, 5) is 17.8. The molecule has 140 valence electrons. The summed E-state index contributed by atoms with van der Waals surface area (Å²) >= 11 is 1.49. The summed E-state index contributed by atoms with van der Waals surface area (Å²) in [5.41, 5.74) is 0.980. The maximum absolute atomic E-state index is 12.7. The summed E-state index contributed by atoms with van der Waals surface area (Å²) in [7, 11) is 0. The first-order valence-electron chi connectivity index (χ1n) is 8.26. The SMILES string of the molecule is Cc1nnnn1/C(=C\c1ccccc1)C(=O)OCc1nc(-c2cccs2)no1. The van der Waals surface area contributed by atoms with Crippen molar-refractivity contribution in [3.05, 3.63) is 65.1 Å². The van der Waals surface area contributed by atoms with Crippen molar-refractivity contribution in [1.82, 2.24) is 30.3 Å². The van der Waals surface area contributed by atoms with E-state index in [0.29, 0.717) is 11.6 Å². The highest BCUT2D eigenvalue weighted by Crippen LogP contribution is 2.21. The van der Waals surface area contributed by atoms with Gasteiger partial charge in [-0.25, -0.2) is 4.79 Å². The number of thiophene rings is 1. The number of aryl methyl sites for hydroxylation is 1. The Morgan fingerprint density at radius 2 is 2.11 bits per heavy atom. The third kappa shape index (κ3) is 3.86. The van der Waals surface area contributed by atoms with E-state index < -0.39 is 5.97 Å². The molecule has 4 rings (SSSR count). The van der Waals surface area contributed by atoms with Crippen molar-refractivity contribution < 1.29 is 14.1 Å². The van der Waals surface area contributed by atoms with Crippen LogP contribution in [0.1, 0.15) is 17.3 Å². The number of benzene rings is 1. The van der Waals surface area contributed by atoms with Gasteiger partial charge in [-0.15, -0.1) is 16.4 Å². The molecule has 0 amide bonds. The van der Waals surface area contributed by atoms with E-state index >= 15 is 0 Å². The van der Waals surface area contributed by atoms with Crippen LogP contribution in [0.3, 0.4) is 0 Å². The monoisotopic (exact) mass is 394 g/mol. The van der Waals surface area contributed by atoms with Crippen molar-refractivity contribution in [3.8, 4) is 10.7 Å². The lowest BCUT2D eigenvalue weighted by atomic mass is 10.2. The van der Waals surface area contributed by atoms with E-state index in [-0.39, 0.29) is 18.2 Å². The average molecular weight is 394 g/mol. The molecule has 0 unspecified atom stereocenters. The topological polar surface area (TPSA) is 109 Å². The molecule has 0 N–H and O–H groups in total. The standard InChI is InChI=1S/C18H14N6O3S/c1-12-20-22-23-24(12)14(10-13-6-3-2-4-7-13)18(25)26-11-16-19-17(21-27-16)15-8-5-9-28-15/h2-10H,11H2,1H3/b14-10-. The Kier molecular flexibility index (Phi) is 5.02. The number of carbonyl (C=O) groups excluding carboxylic acids is 1. The van der Waals surface area contributed by atoms with E-state index in [2.05, 4.69) is 25.7 Å². The fourth-order valence-corrected chi connectivity index (χ4v) is 3.04. The maximum Gasteiger partial charge on any atom is 0.357 e. The molecule has 3 aromatic heterocycles. The summed E-state index contributed by atoms with van der Waals surface area (Å²) in [5, 5.41) is 17.1. The summed E-state index contributed by atoms with van der Waals surface area (Å²) in [6, 6.07) is 13.1. The number of hydrogen-bond acceptors (Lipinski definition) is 9. The second kappa shape index (κ2) is 7.92. The average Bonchev–Trinajstić information content (AvgIpc) is 3.46. The van der Waals surface area contributed by atoms with Gasteiger partial charge in [-0.05, 0) is 40.4 Å². The Morgan fingerprint density at radius 1 is 1.25 bits per heavy atom. The van der Waals surface area contributed by atoms with Gasteiger partial charge in [-0.3, -0.25) is 0 Å². The van der Waals surface area contributed by atoms with Crippen LogP contribution < -0.4 is 0 Å². The van der Waals surface area contributed by atoms with Crippen LogP contribution in [0.5, 0.6) is 0 Å². The zero-order valence-electron chi connectivity index (χ0n) is 14.7. The first kappa shape index (κ1) is 17.7. The highest BCUT2D eigenvalue weighted by Gasteiger charge is 2.19. The fraction of sp³-hybridized carbons (Fsp3) is 0.111. The van der Waals surface area contributed by atoms with E-state index in [1.165, 1.54) is 16.0 Å². The predicted molar refractivity (Wildman–Crippen MR) is 101 cm³/mol. The van der Waals surface area contributed by atoms with Gasteiger partial charge in [0.15, 0.2) is 18.1 Å². The van der Waals surface area contributed by atoms with E-state index in [1.54, 1.807) is 13.0 Å². The van der Waals surface area contributed by atoms with E-state index in [9.17, 15) is 4.79 Å². The molecule has 0 saturated carbocycles. The van der Waals surface area contributed by atoms with Crippen LogP contribution in [-0.2, 0) is 16.1 Å². The molecule has 0 radical (unpaired) electrons. The van der Waals surface area contributed by atoms with Crippen molar-refractivity contribution in [2.75, 3.05) is 0 Å². The minimum absolute atomic E-state index is 0.162. The summed E-state index contributed by atoms with van der Waals surface area (Å²) in [6.45, 7) is 1.53. The smallest absolute Gasteiger partial charge is 0.357 e. The Bertz CT molecular complexity index is 1100. The number of carbonyl (C=O) groups is 1. The highest BCUT2D eigenvalue weighted by molar-refractivity contribution is 7.13. The third-order valence-electron chi connectivity index (χ3n) is 3.70. The van der Waals surface area contributed by atoms with E-state index in [1.807, 2.05) is 47.8 Å². The molecule has 1 aromatic carbocycles. The number of tetrazole rings is 1. The number of rotatable bonds is 6. The summed E-state index contributed by atoms with van der Waals surface area (Å²) < 4.78 is 11.8.